The average Bonchev–Trinajstić information content (AvgIpc) is 2.70. The maximum atomic E-state index is 12.3. The summed E-state index contributed by atoms with van der Waals surface area (Å²) in [4.78, 5) is 25.9. The number of hydrogen-bond donors (Lipinski definition) is 1. The van der Waals surface area contributed by atoms with Gasteiger partial charge in [-0.3, -0.25) is 9.59 Å². The van der Waals surface area contributed by atoms with Gasteiger partial charge in [0.15, 0.2) is 17.6 Å². The molecule has 3 rings (SSSR count). The Labute approximate surface area is 163 Å². The average molecular weight is 382 g/mol. The van der Waals surface area contributed by atoms with E-state index in [0.717, 1.165) is 5.56 Å². The third-order valence-electron chi connectivity index (χ3n) is 4.40. The SMILES string of the molecule is COc1ccc(C=CC(=O)Nc2ccc3c(c2)N(C)C(=O)C(C)O3)cc1OC. The van der Waals surface area contributed by atoms with Crippen molar-refractivity contribution in [2.24, 2.45) is 0 Å². The van der Waals surface area contributed by atoms with Gasteiger partial charge < -0.3 is 24.4 Å². The number of hydrogen-bond acceptors (Lipinski definition) is 5. The van der Waals surface area contributed by atoms with Crippen molar-refractivity contribution in [3.63, 3.8) is 0 Å². The van der Waals surface area contributed by atoms with Crippen molar-refractivity contribution >= 4 is 29.3 Å². The maximum absolute atomic E-state index is 12.3. The lowest BCUT2D eigenvalue weighted by Crippen LogP contribution is -2.41. The van der Waals surface area contributed by atoms with Gasteiger partial charge in [-0.1, -0.05) is 6.07 Å². The normalized spacial score (nSPS) is 15.8. The molecule has 0 aromatic heterocycles. The number of carbonyl (C=O) groups excluding carboxylic acids is 2. The molecule has 0 aliphatic carbocycles. The minimum atomic E-state index is -0.526. The molecule has 0 radical (unpaired) electrons. The summed E-state index contributed by atoms with van der Waals surface area (Å²) in [5, 5.41) is 2.78. The van der Waals surface area contributed by atoms with Gasteiger partial charge in [-0.05, 0) is 48.9 Å². The largest absolute Gasteiger partial charge is 0.493 e. The highest BCUT2D eigenvalue weighted by Crippen LogP contribution is 2.35. The van der Waals surface area contributed by atoms with E-state index in [-0.39, 0.29) is 11.8 Å². The van der Waals surface area contributed by atoms with Gasteiger partial charge in [-0.25, -0.2) is 0 Å². The smallest absolute Gasteiger partial charge is 0.267 e. The Balaban J connectivity index is 1.72. The van der Waals surface area contributed by atoms with Crippen molar-refractivity contribution in [2.45, 2.75) is 13.0 Å². The summed E-state index contributed by atoms with van der Waals surface area (Å²) >= 11 is 0. The summed E-state index contributed by atoms with van der Waals surface area (Å²) < 4.78 is 16.0. The minimum Gasteiger partial charge on any atom is -0.493 e. The van der Waals surface area contributed by atoms with Crippen molar-refractivity contribution in [3.05, 3.63) is 48.0 Å². The number of rotatable bonds is 5. The molecule has 7 heteroatoms. The third-order valence-corrected chi connectivity index (χ3v) is 4.40. The summed E-state index contributed by atoms with van der Waals surface area (Å²) in [6.07, 6.45) is 2.58. The number of fused-ring (bicyclic) bond motifs is 1. The van der Waals surface area contributed by atoms with E-state index in [1.54, 1.807) is 64.6 Å². The third kappa shape index (κ3) is 3.93. The molecule has 0 saturated carbocycles. The van der Waals surface area contributed by atoms with E-state index in [1.807, 2.05) is 6.07 Å². The van der Waals surface area contributed by atoms with E-state index in [9.17, 15) is 9.59 Å². The molecule has 146 valence electrons. The summed E-state index contributed by atoms with van der Waals surface area (Å²) in [6, 6.07) is 10.6. The lowest BCUT2D eigenvalue weighted by Gasteiger charge is -2.30. The summed E-state index contributed by atoms with van der Waals surface area (Å²) in [5.41, 5.74) is 1.98. The quantitative estimate of drug-likeness (QED) is 0.804. The predicted molar refractivity (Wildman–Crippen MR) is 107 cm³/mol. The molecule has 7 nitrogen and oxygen atoms in total. The fraction of sp³-hybridized carbons (Fsp3) is 0.238. The highest BCUT2D eigenvalue weighted by molar-refractivity contribution is 6.04. The van der Waals surface area contributed by atoms with E-state index in [2.05, 4.69) is 5.32 Å². The first-order chi connectivity index (χ1) is 13.4. The van der Waals surface area contributed by atoms with Crippen molar-refractivity contribution in [1.82, 2.24) is 0 Å². The molecule has 1 atom stereocenters. The standard InChI is InChI=1S/C21H22N2O5/c1-13-21(25)23(2)16-12-15(7-9-17(16)28-13)22-20(24)10-6-14-5-8-18(26-3)19(11-14)27-4/h5-13H,1-4H3,(H,22,24). The van der Waals surface area contributed by atoms with E-state index in [0.29, 0.717) is 28.6 Å². The molecule has 1 N–H and O–H groups in total. The molecular weight excluding hydrogens is 360 g/mol. The molecule has 1 unspecified atom stereocenters. The van der Waals surface area contributed by atoms with Gasteiger partial charge in [0, 0.05) is 18.8 Å². The molecule has 0 bridgehead atoms. The first-order valence-corrected chi connectivity index (χ1v) is 8.72. The van der Waals surface area contributed by atoms with E-state index in [4.69, 9.17) is 14.2 Å². The molecule has 28 heavy (non-hydrogen) atoms. The molecule has 1 heterocycles. The molecule has 1 aliphatic heterocycles. The molecular formula is C21H22N2O5. The van der Waals surface area contributed by atoms with Crippen molar-refractivity contribution < 1.29 is 23.8 Å². The molecule has 2 aromatic carbocycles. The number of nitrogens with zero attached hydrogens (tertiary/aromatic N) is 1. The summed E-state index contributed by atoms with van der Waals surface area (Å²) in [7, 11) is 4.80. The van der Waals surface area contributed by atoms with Gasteiger partial charge in [0.25, 0.3) is 5.91 Å². The van der Waals surface area contributed by atoms with Crippen molar-refractivity contribution in [1.29, 1.82) is 0 Å². The van der Waals surface area contributed by atoms with E-state index < -0.39 is 6.10 Å². The first kappa shape index (κ1) is 19.3. The van der Waals surface area contributed by atoms with Gasteiger partial charge in [0.1, 0.15) is 5.75 Å². The molecule has 2 amide bonds. The Bertz CT molecular complexity index is 938. The monoisotopic (exact) mass is 382 g/mol. The van der Waals surface area contributed by atoms with Crippen molar-refractivity contribution in [2.75, 3.05) is 31.5 Å². The zero-order chi connectivity index (χ0) is 20.3. The van der Waals surface area contributed by atoms with Crippen LogP contribution in [0, 0.1) is 0 Å². The Morgan fingerprint density at radius 1 is 1.14 bits per heavy atom. The number of carbonyl (C=O) groups is 2. The number of methoxy groups -OCH3 is 2. The van der Waals surface area contributed by atoms with Gasteiger partial charge in [0.05, 0.1) is 19.9 Å². The number of amides is 2. The second-order valence-electron chi connectivity index (χ2n) is 6.28. The number of benzene rings is 2. The Morgan fingerprint density at radius 3 is 2.61 bits per heavy atom. The van der Waals surface area contributed by atoms with Gasteiger partial charge in [0.2, 0.25) is 5.91 Å². The zero-order valence-corrected chi connectivity index (χ0v) is 16.2. The fourth-order valence-electron chi connectivity index (χ4n) is 2.90. The van der Waals surface area contributed by atoms with Gasteiger partial charge >= 0.3 is 0 Å². The van der Waals surface area contributed by atoms with Gasteiger partial charge in [-0.15, -0.1) is 0 Å². The van der Waals surface area contributed by atoms with Crippen molar-refractivity contribution in [3.8, 4) is 17.2 Å². The van der Waals surface area contributed by atoms with Crippen LogP contribution < -0.4 is 24.4 Å². The predicted octanol–water partition coefficient (Wildman–Crippen LogP) is 3.10. The van der Waals surface area contributed by atoms with Crippen LogP contribution in [0.25, 0.3) is 6.08 Å². The molecule has 0 fully saturated rings. The summed E-state index contributed by atoms with van der Waals surface area (Å²) in [6.45, 7) is 1.70. The number of likely N-dealkylation sites (N-methyl/N-ethyl adjacent to an activating group) is 1. The Morgan fingerprint density at radius 2 is 1.89 bits per heavy atom. The highest BCUT2D eigenvalue weighted by Gasteiger charge is 2.28. The van der Waals surface area contributed by atoms with E-state index in [1.165, 1.54) is 11.0 Å². The summed E-state index contributed by atoms with van der Waals surface area (Å²) in [5.74, 6) is 1.38. The zero-order valence-electron chi connectivity index (χ0n) is 16.2. The van der Waals surface area contributed by atoms with Crippen LogP contribution in [-0.4, -0.2) is 39.2 Å². The molecule has 2 aromatic rings. The van der Waals surface area contributed by atoms with Crippen LogP contribution in [0.15, 0.2) is 42.5 Å². The molecule has 0 saturated heterocycles. The Hall–Kier alpha value is -3.48. The van der Waals surface area contributed by atoms with Crippen LogP contribution in [0.5, 0.6) is 17.2 Å². The van der Waals surface area contributed by atoms with Crippen LogP contribution in [0.3, 0.4) is 0 Å². The lowest BCUT2D eigenvalue weighted by molar-refractivity contribution is -0.125. The topological polar surface area (TPSA) is 77.1 Å². The number of ether oxygens (including phenoxy) is 3. The Kier molecular flexibility index (Phi) is 5.54. The lowest BCUT2D eigenvalue weighted by atomic mass is 10.1. The number of anilines is 2. The van der Waals surface area contributed by atoms with Gasteiger partial charge in [-0.2, -0.15) is 0 Å². The fourth-order valence-corrected chi connectivity index (χ4v) is 2.90. The highest BCUT2D eigenvalue weighted by atomic mass is 16.5. The molecule has 1 aliphatic rings. The van der Waals surface area contributed by atoms with Crippen LogP contribution in [0.2, 0.25) is 0 Å². The second kappa shape index (κ2) is 8.04. The maximum Gasteiger partial charge on any atom is 0.267 e. The van der Waals surface area contributed by atoms with Crippen LogP contribution in [0.1, 0.15) is 12.5 Å². The van der Waals surface area contributed by atoms with Crippen LogP contribution in [0.4, 0.5) is 11.4 Å². The second-order valence-corrected chi connectivity index (χ2v) is 6.28. The van der Waals surface area contributed by atoms with E-state index >= 15 is 0 Å². The van der Waals surface area contributed by atoms with Crippen LogP contribution >= 0.6 is 0 Å². The first-order valence-electron chi connectivity index (χ1n) is 8.72. The molecule has 0 spiro atoms. The number of nitrogens with one attached hydrogen (secondary N) is 1. The van der Waals surface area contributed by atoms with Crippen LogP contribution in [-0.2, 0) is 9.59 Å². The minimum absolute atomic E-state index is 0.135.